The largest absolute Gasteiger partial charge is 0.396 e. The number of carbonyl (C=O) groups excluding carboxylic acids is 1. The van der Waals surface area contributed by atoms with Crippen molar-refractivity contribution in [1.82, 2.24) is 9.78 Å². The zero-order valence-electron chi connectivity index (χ0n) is 16.4. The number of fused-ring (bicyclic) bond motifs is 1. The van der Waals surface area contributed by atoms with Crippen LogP contribution in [0.25, 0.3) is 0 Å². The van der Waals surface area contributed by atoms with Crippen LogP contribution in [0.2, 0.25) is 5.02 Å². The molecule has 2 atom stereocenters. The summed E-state index contributed by atoms with van der Waals surface area (Å²) in [5.74, 6) is 1.46. The van der Waals surface area contributed by atoms with Gasteiger partial charge in [-0.25, -0.2) is 4.39 Å². The number of rotatable bonds is 5. The molecule has 4 rings (SSSR count). The van der Waals surface area contributed by atoms with Crippen molar-refractivity contribution in [3.63, 3.8) is 0 Å². The Morgan fingerprint density at radius 1 is 1.34 bits per heavy atom. The van der Waals surface area contributed by atoms with Gasteiger partial charge >= 0.3 is 0 Å². The first-order valence-electron chi connectivity index (χ1n) is 10.1. The molecular formula is C21H26ClFN4O2. The Morgan fingerprint density at radius 2 is 2.03 bits per heavy atom. The van der Waals surface area contributed by atoms with E-state index in [1.54, 1.807) is 11.7 Å². The fraction of sp³-hybridized carbons (Fsp3) is 0.524. The van der Waals surface area contributed by atoms with Gasteiger partial charge in [0, 0.05) is 25.3 Å². The van der Waals surface area contributed by atoms with Gasteiger partial charge in [-0.1, -0.05) is 11.6 Å². The smallest absolute Gasteiger partial charge is 0.261 e. The summed E-state index contributed by atoms with van der Waals surface area (Å²) in [5.41, 5.74) is 7.72. The number of carbonyl (C=O) groups is 1. The van der Waals surface area contributed by atoms with Crippen LogP contribution in [-0.2, 0) is 7.05 Å². The van der Waals surface area contributed by atoms with Crippen LogP contribution in [0.3, 0.4) is 0 Å². The van der Waals surface area contributed by atoms with Crippen molar-refractivity contribution in [3.8, 4) is 0 Å². The molecule has 2 unspecified atom stereocenters. The van der Waals surface area contributed by atoms with Crippen LogP contribution in [-0.4, -0.2) is 27.4 Å². The number of aliphatic hydroxyl groups is 1. The molecule has 1 amide bonds. The maximum atomic E-state index is 13.4. The van der Waals surface area contributed by atoms with Crippen molar-refractivity contribution in [1.29, 1.82) is 0 Å². The molecule has 0 radical (unpaired) electrons. The maximum Gasteiger partial charge on any atom is 0.261 e. The molecule has 2 aliphatic rings. The van der Waals surface area contributed by atoms with Crippen LogP contribution < -0.4 is 11.1 Å². The molecule has 0 aliphatic heterocycles. The quantitative estimate of drug-likeness (QED) is 0.682. The predicted octanol–water partition coefficient (Wildman–Crippen LogP) is 3.95. The van der Waals surface area contributed by atoms with Gasteiger partial charge in [-0.05, 0) is 68.1 Å². The lowest BCUT2D eigenvalue weighted by Gasteiger charge is -2.14. The monoisotopic (exact) mass is 420 g/mol. The SMILES string of the molecule is Cn1nc(C2CC3CC(CCO)CC3C2)c(C(=O)Nc2ccc(F)c(Cl)c2)c1N. The van der Waals surface area contributed by atoms with Crippen molar-refractivity contribution in [2.45, 2.75) is 38.0 Å². The minimum absolute atomic E-state index is 0.0526. The highest BCUT2D eigenvalue weighted by Crippen LogP contribution is 2.53. The number of nitrogens with two attached hydrogens (primary N) is 1. The third-order valence-electron chi connectivity index (χ3n) is 6.56. The van der Waals surface area contributed by atoms with Crippen LogP contribution in [0.15, 0.2) is 18.2 Å². The van der Waals surface area contributed by atoms with E-state index in [4.69, 9.17) is 17.3 Å². The number of amides is 1. The van der Waals surface area contributed by atoms with Crippen molar-refractivity contribution in [2.75, 3.05) is 17.7 Å². The molecule has 1 heterocycles. The molecule has 29 heavy (non-hydrogen) atoms. The average molecular weight is 421 g/mol. The van der Waals surface area contributed by atoms with Gasteiger partial charge in [0.05, 0.1) is 10.7 Å². The summed E-state index contributed by atoms with van der Waals surface area (Å²) in [6, 6.07) is 4.06. The molecule has 8 heteroatoms. The summed E-state index contributed by atoms with van der Waals surface area (Å²) in [4.78, 5) is 13.0. The Hall–Kier alpha value is -2.12. The molecular weight excluding hydrogens is 395 g/mol. The van der Waals surface area contributed by atoms with E-state index in [0.717, 1.165) is 37.8 Å². The van der Waals surface area contributed by atoms with Crippen molar-refractivity contribution < 1.29 is 14.3 Å². The molecule has 0 bridgehead atoms. The van der Waals surface area contributed by atoms with E-state index in [2.05, 4.69) is 10.4 Å². The van der Waals surface area contributed by atoms with E-state index in [-0.39, 0.29) is 23.5 Å². The van der Waals surface area contributed by atoms with Crippen molar-refractivity contribution in [3.05, 3.63) is 40.3 Å². The summed E-state index contributed by atoms with van der Waals surface area (Å²) in [6.07, 6.45) is 5.14. The molecule has 156 valence electrons. The Labute approximate surface area is 174 Å². The second-order valence-corrected chi connectivity index (χ2v) is 8.80. The van der Waals surface area contributed by atoms with Crippen LogP contribution in [0, 0.1) is 23.6 Å². The number of nitrogens with one attached hydrogen (secondary N) is 1. The van der Waals surface area contributed by atoms with Gasteiger partial charge in [0.25, 0.3) is 5.91 Å². The van der Waals surface area contributed by atoms with Gasteiger partial charge in [-0.2, -0.15) is 5.10 Å². The maximum absolute atomic E-state index is 13.4. The fourth-order valence-electron chi connectivity index (χ4n) is 5.23. The number of aliphatic hydroxyl groups excluding tert-OH is 1. The van der Waals surface area contributed by atoms with Gasteiger partial charge in [-0.3, -0.25) is 9.48 Å². The zero-order valence-corrected chi connectivity index (χ0v) is 17.1. The summed E-state index contributed by atoms with van der Waals surface area (Å²) >= 11 is 5.82. The number of hydrogen-bond acceptors (Lipinski definition) is 4. The molecule has 6 nitrogen and oxygen atoms in total. The minimum Gasteiger partial charge on any atom is -0.396 e. The molecule has 0 spiro atoms. The second-order valence-electron chi connectivity index (χ2n) is 8.39. The molecule has 2 saturated carbocycles. The predicted molar refractivity (Wildman–Crippen MR) is 110 cm³/mol. The number of hydrogen-bond donors (Lipinski definition) is 3. The number of aromatic nitrogens is 2. The first kappa shape index (κ1) is 20.2. The molecule has 4 N–H and O–H groups in total. The number of aryl methyl sites for hydroxylation is 1. The lowest BCUT2D eigenvalue weighted by Crippen LogP contribution is -2.16. The standard InChI is InChI=1S/C21H26ClFN4O2/c1-27-20(24)18(21(29)25-15-2-3-17(23)16(22)10-15)19(26-27)14-8-12-6-11(4-5-28)7-13(12)9-14/h2-3,10-14,28H,4-9,24H2,1H3,(H,25,29). The molecule has 2 aromatic rings. The third-order valence-corrected chi connectivity index (χ3v) is 6.85. The summed E-state index contributed by atoms with van der Waals surface area (Å²) in [6.45, 7) is 0.252. The topological polar surface area (TPSA) is 93.2 Å². The second kappa shape index (κ2) is 7.95. The van der Waals surface area contributed by atoms with E-state index in [1.165, 1.54) is 18.2 Å². The lowest BCUT2D eigenvalue weighted by molar-refractivity contribution is 0.102. The molecule has 0 saturated heterocycles. The number of anilines is 2. The lowest BCUT2D eigenvalue weighted by atomic mass is 9.92. The highest BCUT2D eigenvalue weighted by molar-refractivity contribution is 6.31. The van der Waals surface area contributed by atoms with Crippen molar-refractivity contribution in [2.24, 2.45) is 24.8 Å². The van der Waals surface area contributed by atoms with E-state index in [9.17, 15) is 14.3 Å². The highest BCUT2D eigenvalue weighted by atomic mass is 35.5. The number of halogens is 2. The third kappa shape index (κ3) is 3.85. The van der Waals surface area contributed by atoms with Gasteiger partial charge in [0.15, 0.2) is 0 Å². The minimum atomic E-state index is -0.539. The van der Waals surface area contributed by atoms with Crippen LogP contribution in [0.1, 0.15) is 54.1 Å². The fourth-order valence-corrected chi connectivity index (χ4v) is 5.41. The average Bonchev–Trinajstić information content (AvgIpc) is 3.30. The first-order valence-corrected chi connectivity index (χ1v) is 10.4. The number of nitrogens with zero attached hydrogens (tertiary/aromatic N) is 2. The van der Waals surface area contributed by atoms with Crippen molar-refractivity contribution >= 4 is 29.0 Å². The molecule has 2 fully saturated rings. The van der Waals surface area contributed by atoms with Crippen LogP contribution >= 0.6 is 11.6 Å². The van der Waals surface area contributed by atoms with E-state index in [0.29, 0.717) is 34.8 Å². The molecule has 1 aromatic carbocycles. The van der Waals surface area contributed by atoms with Gasteiger partial charge in [-0.15, -0.1) is 0 Å². The van der Waals surface area contributed by atoms with E-state index in [1.807, 2.05) is 0 Å². The van der Waals surface area contributed by atoms with Gasteiger partial charge in [0.1, 0.15) is 17.2 Å². The Morgan fingerprint density at radius 3 is 2.66 bits per heavy atom. The molecule has 2 aliphatic carbocycles. The van der Waals surface area contributed by atoms with Crippen LogP contribution in [0.4, 0.5) is 15.9 Å². The zero-order chi connectivity index (χ0) is 20.7. The number of benzene rings is 1. The molecule has 1 aromatic heterocycles. The van der Waals surface area contributed by atoms with Crippen LogP contribution in [0.5, 0.6) is 0 Å². The first-order chi connectivity index (χ1) is 13.9. The Kier molecular flexibility index (Phi) is 5.53. The van der Waals surface area contributed by atoms with E-state index >= 15 is 0 Å². The normalized spacial score (nSPS) is 25.9. The van der Waals surface area contributed by atoms with Gasteiger partial charge in [0.2, 0.25) is 0 Å². The Bertz CT molecular complexity index is 918. The van der Waals surface area contributed by atoms with E-state index < -0.39 is 5.82 Å². The highest BCUT2D eigenvalue weighted by Gasteiger charge is 2.43. The summed E-state index contributed by atoms with van der Waals surface area (Å²) < 4.78 is 14.9. The van der Waals surface area contributed by atoms with Gasteiger partial charge < -0.3 is 16.2 Å². The summed E-state index contributed by atoms with van der Waals surface area (Å²) in [5, 5.41) is 16.5. The Balaban J connectivity index is 1.53. The summed E-state index contributed by atoms with van der Waals surface area (Å²) in [7, 11) is 1.73. The number of nitrogen functional groups attached to an aromatic ring is 1.